The molecular weight excluding hydrogens is 204 g/mol. The highest BCUT2D eigenvalue weighted by molar-refractivity contribution is 5.79. The van der Waals surface area contributed by atoms with Crippen molar-refractivity contribution in [3.8, 4) is 0 Å². The number of aliphatic imine (C=N–C) groups is 1. The van der Waals surface area contributed by atoms with E-state index in [4.69, 9.17) is 0 Å². The van der Waals surface area contributed by atoms with Crippen molar-refractivity contribution in [2.75, 3.05) is 28.2 Å². The fraction of sp³-hybridized carbons (Fsp3) is 0.700. The quantitative estimate of drug-likeness (QED) is 0.594. The Hall–Kier alpha value is -1.59. The predicted molar refractivity (Wildman–Crippen MR) is 64.3 cm³/mol. The van der Waals surface area contributed by atoms with E-state index >= 15 is 0 Å². The van der Waals surface area contributed by atoms with Gasteiger partial charge < -0.3 is 9.80 Å². The molecule has 0 aromatic carbocycles. The van der Waals surface area contributed by atoms with E-state index in [2.05, 4.69) is 20.2 Å². The van der Waals surface area contributed by atoms with Crippen molar-refractivity contribution in [1.82, 2.24) is 25.0 Å². The average Bonchev–Trinajstić information content (AvgIpc) is 2.65. The highest BCUT2D eigenvalue weighted by Crippen LogP contribution is 1.97. The minimum Gasteiger partial charge on any atom is -0.349 e. The second-order valence-electron chi connectivity index (χ2n) is 3.96. The molecule has 90 valence electrons. The number of aromatic amines is 1. The van der Waals surface area contributed by atoms with Crippen LogP contribution < -0.4 is 0 Å². The molecule has 0 radical (unpaired) electrons. The van der Waals surface area contributed by atoms with E-state index in [9.17, 15) is 0 Å². The molecule has 0 aliphatic heterocycles. The number of H-pyrrole nitrogens is 1. The molecule has 16 heavy (non-hydrogen) atoms. The van der Waals surface area contributed by atoms with Crippen molar-refractivity contribution in [2.24, 2.45) is 4.99 Å². The van der Waals surface area contributed by atoms with Gasteiger partial charge in [-0.25, -0.2) is 9.98 Å². The first kappa shape index (κ1) is 12.5. The molecule has 0 atom stereocenters. The maximum Gasteiger partial charge on any atom is 0.195 e. The highest BCUT2D eigenvalue weighted by atomic mass is 15.3. The molecule has 6 nitrogen and oxygen atoms in total. The molecule has 0 unspecified atom stereocenters. The molecule has 6 heteroatoms. The molecule has 0 saturated heterocycles. The summed E-state index contributed by atoms with van der Waals surface area (Å²) in [6, 6.07) is 0. The number of guanidine groups is 1. The van der Waals surface area contributed by atoms with E-state index in [1.54, 1.807) is 0 Å². The fourth-order valence-corrected chi connectivity index (χ4v) is 1.39. The minimum absolute atomic E-state index is 0.526. The van der Waals surface area contributed by atoms with Gasteiger partial charge in [0, 0.05) is 34.6 Å². The van der Waals surface area contributed by atoms with E-state index in [0.29, 0.717) is 6.54 Å². The molecular formula is C10H20N6. The number of hydrogen-bond donors (Lipinski definition) is 1. The lowest BCUT2D eigenvalue weighted by molar-refractivity contribution is 0.478. The average molecular weight is 224 g/mol. The third-order valence-electron chi connectivity index (χ3n) is 2.06. The molecule has 1 rings (SSSR count). The van der Waals surface area contributed by atoms with Gasteiger partial charge in [-0.05, 0) is 0 Å². The molecule has 1 aromatic heterocycles. The number of aryl methyl sites for hydroxylation is 1. The summed E-state index contributed by atoms with van der Waals surface area (Å²) in [5.41, 5.74) is 0. The van der Waals surface area contributed by atoms with E-state index in [1.165, 1.54) is 0 Å². The Morgan fingerprint density at radius 2 is 1.88 bits per heavy atom. The molecule has 1 aromatic rings. The van der Waals surface area contributed by atoms with Crippen LogP contribution in [0, 0.1) is 0 Å². The summed E-state index contributed by atoms with van der Waals surface area (Å²) in [4.78, 5) is 12.7. The molecule has 0 spiro atoms. The second kappa shape index (κ2) is 5.48. The van der Waals surface area contributed by atoms with Crippen molar-refractivity contribution in [3.63, 3.8) is 0 Å². The minimum atomic E-state index is 0.526. The van der Waals surface area contributed by atoms with Crippen LogP contribution in [0.3, 0.4) is 0 Å². The van der Waals surface area contributed by atoms with E-state index in [0.717, 1.165) is 24.0 Å². The van der Waals surface area contributed by atoms with Gasteiger partial charge in [-0.3, -0.25) is 5.10 Å². The van der Waals surface area contributed by atoms with Gasteiger partial charge in [-0.2, -0.15) is 5.10 Å². The molecule has 0 aliphatic rings. The number of nitrogens with one attached hydrogen (secondary N) is 1. The number of hydrogen-bond acceptors (Lipinski definition) is 3. The van der Waals surface area contributed by atoms with E-state index in [1.807, 2.05) is 44.9 Å². The van der Waals surface area contributed by atoms with Gasteiger partial charge in [-0.15, -0.1) is 0 Å². The van der Waals surface area contributed by atoms with Crippen LogP contribution >= 0.6 is 0 Å². The normalized spacial score (nSPS) is 10.1. The molecule has 0 fully saturated rings. The van der Waals surface area contributed by atoms with Crippen molar-refractivity contribution >= 4 is 5.96 Å². The van der Waals surface area contributed by atoms with Gasteiger partial charge in [0.25, 0.3) is 0 Å². The zero-order valence-corrected chi connectivity index (χ0v) is 10.7. The Balaban J connectivity index is 2.69. The molecule has 0 amide bonds. The number of aromatic nitrogens is 3. The van der Waals surface area contributed by atoms with Crippen LogP contribution in [0.1, 0.15) is 18.6 Å². The van der Waals surface area contributed by atoms with Crippen LogP contribution in [-0.4, -0.2) is 59.1 Å². The zero-order valence-electron chi connectivity index (χ0n) is 10.7. The van der Waals surface area contributed by atoms with Crippen LogP contribution in [0.25, 0.3) is 0 Å². The summed E-state index contributed by atoms with van der Waals surface area (Å²) in [6.07, 6.45) is 0.842. The smallest absolute Gasteiger partial charge is 0.195 e. The van der Waals surface area contributed by atoms with Gasteiger partial charge >= 0.3 is 0 Å². The Labute approximate surface area is 96.4 Å². The summed E-state index contributed by atoms with van der Waals surface area (Å²) < 4.78 is 0. The lowest BCUT2D eigenvalue weighted by Gasteiger charge is -2.22. The van der Waals surface area contributed by atoms with Gasteiger partial charge in [0.1, 0.15) is 12.4 Å². The van der Waals surface area contributed by atoms with Gasteiger partial charge in [0.05, 0.1) is 0 Å². The van der Waals surface area contributed by atoms with Crippen molar-refractivity contribution in [3.05, 3.63) is 11.6 Å². The lowest BCUT2D eigenvalue weighted by Crippen LogP contribution is -2.35. The molecule has 0 aliphatic carbocycles. The van der Waals surface area contributed by atoms with Crippen LogP contribution in [0.2, 0.25) is 0 Å². The summed E-state index contributed by atoms with van der Waals surface area (Å²) in [7, 11) is 7.88. The molecule has 1 heterocycles. The monoisotopic (exact) mass is 224 g/mol. The van der Waals surface area contributed by atoms with Gasteiger partial charge in [-0.1, -0.05) is 6.92 Å². The van der Waals surface area contributed by atoms with Crippen molar-refractivity contribution in [2.45, 2.75) is 19.9 Å². The standard InChI is InChI=1S/C10H20N6/c1-6-8-12-9(14-13-8)7-11-10(15(2)3)16(4)5/h6-7H2,1-5H3,(H,12,13,14). The van der Waals surface area contributed by atoms with Crippen LogP contribution in [0.15, 0.2) is 4.99 Å². The molecule has 0 bridgehead atoms. The maximum absolute atomic E-state index is 4.48. The summed E-state index contributed by atoms with van der Waals surface area (Å²) in [5, 5.41) is 6.95. The zero-order chi connectivity index (χ0) is 12.1. The number of nitrogens with zero attached hydrogens (tertiary/aromatic N) is 5. The second-order valence-corrected chi connectivity index (χ2v) is 3.96. The van der Waals surface area contributed by atoms with Gasteiger partial charge in [0.2, 0.25) is 0 Å². The van der Waals surface area contributed by atoms with Crippen molar-refractivity contribution < 1.29 is 0 Å². The summed E-state index contributed by atoms with van der Waals surface area (Å²) in [5.74, 6) is 2.55. The van der Waals surface area contributed by atoms with Crippen LogP contribution in [0.4, 0.5) is 0 Å². The SMILES string of the molecule is CCc1n[nH]c(CN=C(N(C)C)N(C)C)n1. The first-order valence-corrected chi connectivity index (χ1v) is 5.33. The third kappa shape index (κ3) is 3.22. The van der Waals surface area contributed by atoms with E-state index in [-0.39, 0.29) is 0 Å². The Bertz CT molecular complexity index is 342. The van der Waals surface area contributed by atoms with E-state index < -0.39 is 0 Å². The Morgan fingerprint density at radius 3 is 2.31 bits per heavy atom. The predicted octanol–water partition coefficient (Wildman–Crippen LogP) is 0.346. The van der Waals surface area contributed by atoms with Crippen molar-refractivity contribution in [1.29, 1.82) is 0 Å². The van der Waals surface area contributed by atoms with Crippen LogP contribution in [-0.2, 0) is 13.0 Å². The fourth-order valence-electron chi connectivity index (χ4n) is 1.39. The lowest BCUT2D eigenvalue weighted by atomic mass is 10.5. The topological polar surface area (TPSA) is 60.4 Å². The Morgan fingerprint density at radius 1 is 1.25 bits per heavy atom. The largest absolute Gasteiger partial charge is 0.349 e. The first-order valence-electron chi connectivity index (χ1n) is 5.33. The van der Waals surface area contributed by atoms with Crippen LogP contribution in [0.5, 0.6) is 0 Å². The van der Waals surface area contributed by atoms with Gasteiger partial charge in [0.15, 0.2) is 11.8 Å². The first-order chi connectivity index (χ1) is 7.54. The highest BCUT2D eigenvalue weighted by Gasteiger charge is 2.05. The maximum atomic E-state index is 4.48. The number of rotatable bonds is 3. The summed E-state index contributed by atoms with van der Waals surface area (Å²) in [6.45, 7) is 2.56. The molecule has 0 saturated carbocycles. The third-order valence-corrected chi connectivity index (χ3v) is 2.06. The molecule has 1 N–H and O–H groups in total. The Kier molecular flexibility index (Phi) is 4.28. The summed E-state index contributed by atoms with van der Waals surface area (Å²) >= 11 is 0.